The number of hydrogen-bond acceptors (Lipinski definition) is 5. The minimum absolute atomic E-state index is 0.156. The van der Waals surface area contributed by atoms with Gasteiger partial charge in [0.25, 0.3) is 5.91 Å². The van der Waals surface area contributed by atoms with Crippen LogP contribution < -0.4 is 10.6 Å². The summed E-state index contributed by atoms with van der Waals surface area (Å²) in [6, 6.07) is 13.3. The third-order valence-electron chi connectivity index (χ3n) is 4.26. The summed E-state index contributed by atoms with van der Waals surface area (Å²) in [6.07, 6.45) is -2.68. The number of carbonyl (C=O) groups is 1. The minimum atomic E-state index is -4.81. The van der Waals surface area contributed by atoms with Crippen molar-refractivity contribution >= 4 is 22.5 Å². The van der Waals surface area contributed by atoms with Gasteiger partial charge in [0, 0.05) is 35.8 Å². The van der Waals surface area contributed by atoms with Gasteiger partial charge in [-0.2, -0.15) is 13.2 Å². The number of amides is 1. The van der Waals surface area contributed by atoms with Crippen molar-refractivity contribution in [2.75, 3.05) is 7.05 Å². The van der Waals surface area contributed by atoms with Crippen LogP contribution in [-0.4, -0.2) is 34.9 Å². The van der Waals surface area contributed by atoms with Crippen LogP contribution in [-0.2, 0) is 0 Å². The van der Waals surface area contributed by atoms with Crippen molar-refractivity contribution in [2.24, 2.45) is 0 Å². The Kier molecular flexibility index (Phi) is 5.72. The Morgan fingerprint density at radius 3 is 2.43 bits per heavy atom. The Labute approximate surface area is 169 Å². The van der Waals surface area contributed by atoms with Gasteiger partial charge in [-0.25, -0.2) is 0 Å². The van der Waals surface area contributed by atoms with Gasteiger partial charge in [0.1, 0.15) is 17.3 Å². The maximum Gasteiger partial charge on any atom is 0.432 e. The van der Waals surface area contributed by atoms with Crippen LogP contribution in [0.5, 0.6) is 5.75 Å². The summed E-state index contributed by atoms with van der Waals surface area (Å²) in [7, 11) is 1.34. The number of hydrogen-bond donors (Lipinski definition) is 4. The number of benzene rings is 2. The third-order valence-corrected chi connectivity index (χ3v) is 4.26. The number of pyridine rings is 1. The number of fused-ring (bicyclic) bond motifs is 1. The molecule has 3 rings (SSSR count). The molecule has 0 fully saturated rings. The fourth-order valence-electron chi connectivity index (χ4n) is 2.67. The molecule has 0 bridgehead atoms. The first-order valence-electron chi connectivity index (χ1n) is 8.73. The van der Waals surface area contributed by atoms with Gasteiger partial charge in [0.05, 0.1) is 5.52 Å². The molecule has 0 atom stereocenters. The monoisotopic (exact) mass is 414 g/mol. The number of carbonyl (C=O) groups excluding carboxylic acids is 1. The van der Waals surface area contributed by atoms with E-state index in [1.165, 1.54) is 19.2 Å². The molecule has 1 heterocycles. The Hall–Kier alpha value is -3.88. The summed E-state index contributed by atoms with van der Waals surface area (Å²) < 4.78 is 37.6. The molecule has 2 aromatic carbocycles. The van der Waals surface area contributed by atoms with E-state index in [4.69, 9.17) is 5.41 Å². The maximum atomic E-state index is 12.5. The third kappa shape index (κ3) is 4.75. The SMILES string of the molecule is CN/C(=C\C(=N)C(F)(F)F)NC(=O)c1ccc2cc(-c3ccc(O)cc3)cnc2c1. The van der Waals surface area contributed by atoms with E-state index in [0.29, 0.717) is 11.6 Å². The van der Waals surface area contributed by atoms with Gasteiger partial charge in [-0.05, 0) is 35.9 Å². The average molecular weight is 414 g/mol. The smallest absolute Gasteiger partial charge is 0.432 e. The normalized spacial score (nSPS) is 11.9. The fourth-order valence-corrected chi connectivity index (χ4v) is 2.67. The van der Waals surface area contributed by atoms with E-state index in [-0.39, 0.29) is 17.1 Å². The van der Waals surface area contributed by atoms with Crippen LogP contribution in [0.15, 0.2) is 66.6 Å². The molecule has 0 spiro atoms. The molecular formula is C21H17F3N4O2. The van der Waals surface area contributed by atoms with E-state index in [1.54, 1.807) is 36.5 Å². The van der Waals surface area contributed by atoms with Gasteiger partial charge in [-0.3, -0.25) is 15.2 Å². The van der Waals surface area contributed by atoms with Gasteiger partial charge >= 0.3 is 6.18 Å². The van der Waals surface area contributed by atoms with E-state index in [1.807, 2.05) is 6.07 Å². The summed E-state index contributed by atoms with van der Waals surface area (Å²) in [6.45, 7) is 0. The van der Waals surface area contributed by atoms with Gasteiger partial charge < -0.3 is 15.7 Å². The molecule has 0 saturated heterocycles. The van der Waals surface area contributed by atoms with Crippen molar-refractivity contribution < 1.29 is 23.1 Å². The van der Waals surface area contributed by atoms with Crippen molar-refractivity contribution in [3.05, 3.63) is 72.2 Å². The number of alkyl halides is 3. The van der Waals surface area contributed by atoms with E-state index in [9.17, 15) is 23.1 Å². The van der Waals surface area contributed by atoms with Gasteiger partial charge in [0.2, 0.25) is 0 Å². The summed E-state index contributed by atoms with van der Waals surface area (Å²) in [5, 5.41) is 21.9. The Balaban J connectivity index is 1.83. The molecule has 4 N–H and O–H groups in total. The molecule has 6 nitrogen and oxygen atoms in total. The maximum absolute atomic E-state index is 12.5. The van der Waals surface area contributed by atoms with Crippen LogP contribution in [0.2, 0.25) is 0 Å². The largest absolute Gasteiger partial charge is 0.508 e. The number of halogens is 3. The highest BCUT2D eigenvalue weighted by molar-refractivity contribution is 6.01. The number of aromatic nitrogens is 1. The zero-order chi connectivity index (χ0) is 21.9. The summed E-state index contributed by atoms with van der Waals surface area (Å²) >= 11 is 0. The standard InChI is InChI=1S/C21H17F3N4O2/c1-26-19(10-18(25)21(22,23)24)28-20(30)14-3-2-13-8-15(11-27-17(13)9-14)12-4-6-16(29)7-5-12/h2-11,25-26,29H,1H3,(H,28,30)/b19-10+,25-18?. The molecule has 0 aliphatic heterocycles. The summed E-state index contributed by atoms with van der Waals surface area (Å²) in [5.41, 5.74) is 0.829. The number of nitrogens with zero attached hydrogens (tertiary/aromatic N) is 1. The number of phenols is 1. The van der Waals surface area contributed by atoms with E-state index < -0.39 is 17.8 Å². The fraction of sp³-hybridized carbons (Fsp3) is 0.0952. The zero-order valence-corrected chi connectivity index (χ0v) is 15.7. The van der Waals surface area contributed by atoms with Crippen LogP contribution in [0.1, 0.15) is 10.4 Å². The van der Waals surface area contributed by atoms with Crippen molar-refractivity contribution in [1.82, 2.24) is 15.6 Å². The highest BCUT2D eigenvalue weighted by Gasteiger charge is 2.33. The summed E-state index contributed by atoms with van der Waals surface area (Å²) in [4.78, 5) is 16.8. The molecule has 1 amide bonds. The first-order chi connectivity index (χ1) is 14.2. The Morgan fingerprint density at radius 2 is 1.80 bits per heavy atom. The van der Waals surface area contributed by atoms with Crippen molar-refractivity contribution in [2.45, 2.75) is 6.18 Å². The molecule has 0 saturated carbocycles. The highest BCUT2D eigenvalue weighted by Crippen LogP contribution is 2.25. The van der Waals surface area contributed by atoms with Gasteiger partial charge in [-0.15, -0.1) is 0 Å². The van der Waals surface area contributed by atoms with Crippen LogP contribution in [0.25, 0.3) is 22.0 Å². The lowest BCUT2D eigenvalue weighted by atomic mass is 10.0. The van der Waals surface area contributed by atoms with Crippen LogP contribution in [0.4, 0.5) is 13.2 Å². The highest BCUT2D eigenvalue weighted by atomic mass is 19.4. The number of aromatic hydroxyl groups is 1. The number of phenolic OH excluding ortho intramolecular Hbond substituents is 1. The first-order valence-corrected chi connectivity index (χ1v) is 8.73. The second-order valence-corrected chi connectivity index (χ2v) is 6.35. The molecular weight excluding hydrogens is 397 g/mol. The molecule has 154 valence electrons. The lowest BCUT2D eigenvalue weighted by Crippen LogP contribution is -2.32. The lowest BCUT2D eigenvalue weighted by Gasteiger charge is -2.11. The van der Waals surface area contributed by atoms with E-state index in [0.717, 1.165) is 16.5 Å². The molecule has 30 heavy (non-hydrogen) atoms. The predicted octanol–water partition coefficient (Wildman–Crippen LogP) is 3.98. The van der Waals surface area contributed by atoms with Gasteiger partial charge in [-0.1, -0.05) is 18.2 Å². The van der Waals surface area contributed by atoms with Gasteiger partial charge in [0.15, 0.2) is 0 Å². The zero-order valence-electron chi connectivity index (χ0n) is 15.7. The summed E-state index contributed by atoms with van der Waals surface area (Å²) in [5.74, 6) is -0.738. The number of allylic oxidation sites excluding steroid dienone is 1. The lowest BCUT2D eigenvalue weighted by molar-refractivity contribution is -0.0584. The number of rotatable bonds is 5. The quantitative estimate of drug-likeness (QED) is 0.475. The molecule has 3 aromatic rings. The van der Waals surface area contributed by atoms with Crippen molar-refractivity contribution in [3.63, 3.8) is 0 Å². The average Bonchev–Trinajstić information content (AvgIpc) is 2.72. The van der Waals surface area contributed by atoms with Crippen molar-refractivity contribution in [1.29, 1.82) is 5.41 Å². The Bertz CT molecular complexity index is 1140. The second-order valence-electron chi connectivity index (χ2n) is 6.35. The second kappa shape index (κ2) is 8.24. The Morgan fingerprint density at radius 1 is 1.10 bits per heavy atom. The van der Waals surface area contributed by atoms with E-state index in [2.05, 4.69) is 15.6 Å². The molecule has 1 aromatic heterocycles. The topological polar surface area (TPSA) is 98.1 Å². The molecule has 9 heteroatoms. The van der Waals surface area contributed by atoms with Crippen molar-refractivity contribution in [3.8, 4) is 16.9 Å². The predicted molar refractivity (Wildman–Crippen MR) is 107 cm³/mol. The molecule has 0 unspecified atom stereocenters. The first kappa shape index (κ1) is 20.8. The van der Waals surface area contributed by atoms with Crippen LogP contribution >= 0.6 is 0 Å². The number of nitrogens with one attached hydrogen (secondary N) is 3. The molecule has 0 aliphatic rings. The molecule has 0 aliphatic carbocycles. The van der Waals surface area contributed by atoms with Crippen LogP contribution in [0, 0.1) is 5.41 Å². The van der Waals surface area contributed by atoms with Crippen LogP contribution in [0.3, 0.4) is 0 Å². The molecule has 0 radical (unpaired) electrons. The minimum Gasteiger partial charge on any atom is -0.508 e. The van der Waals surface area contributed by atoms with E-state index >= 15 is 0 Å².